The highest BCUT2D eigenvalue weighted by Crippen LogP contribution is 2.18. The molecule has 1 aromatic carbocycles. The predicted octanol–water partition coefficient (Wildman–Crippen LogP) is 2.11. The third-order valence-corrected chi connectivity index (χ3v) is 2.84. The van der Waals surface area contributed by atoms with Crippen LogP contribution in [0.5, 0.6) is 0 Å². The van der Waals surface area contributed by atoms with Gasteiger partial charge in [-0.25, -0.2) is 0 Å². The molecule has 0 aliphatic rings. The van der Waals surface area contributed by atoms with Crippen molar-refractivity contribution in [1.29, 1.82) is 0 Å². The number of thiocarbonyl (C=S) groups is 1. The molecule has 104 valence electrons. The molecule has 0 atom stereocenters. The van der Waals surface area contributed by atoms with Gasteiger partial charge in [0, 0.05) is 11.7 Å². The molecule has 1 amide bonds. The van der Waals surface area contributed by atoms with Gasteiger partial charge < -0.3 is 16.0 Å². The van der Waals surface area contributed by atoms with Crippen LogP contribution in [0.3, 0.4) is 0 Å². The minimum atomic E-state index is -0.106. The van der Waals surface area contributed by atoms with E-state index in [1.807, 2.05) is 45.9 Å². The molecule has 19 heavy (non-hydrogen) atoms. The lowest BCUT2D eigenvalue weighted by Gasteiger charge is -2.14. The van der Waals surface area contributed by atoms with Crippen LogP contribution in [0.4, 0.5) is 5.69 Å². The van der Waals surface area contributed by atoms with Crippen molar-refractivity contribution in [1.82, 2.24) is 10.6 Å². The van der Waals surface area contributed by atoms with Crippen LogP contribution in [0.25, 0.3) is 0 Å². The van der Waals surface area contributed by atoms with Crippen LogP contribution in [0.1, 0.15) is 25.0 Å². The minimum absolute atomic E-state index is 0.106. The van der Waals surface area contributed by atoms with E-state index in [0.717, 1.165) is 16.8 Å². The number of aryl methyl sites for hydroxylation is 2. The number of carbonyl (C=O) groups excluding carboxylic acids is 1. The third-order valence-electron chi connectivity index (χ3n) is 2.57. The average molecular weight is 279 g/mol. The molecular weight excluding hydrogens is 258 g/mol. The smallest absolute Gasteiger partial charge is 0.243 e. The largest absolute Gasteiger partial charge is 0.361 e. The standard InChI is InChI=1S/C14H21N3OS/c1-9(2)16-14(19)15-8-12(18)17-13-10(3)6-5-7-11(13)4/h5-7,9H,8H2,1-4H3,(H,17,18)(H2,15,16,19). The first-order valence-electron chi connectivity index (χ1n) is 6.30. The number of nitrogens with one attached hydrogen (secondary N) is 3. The van der Waals surface area contributed by atoms with Gasteiger partial charge in [-0.2, -0.15) is 0 Å². The van der Waals surface area contributed by atoms with E-state index in [0.29, 0.717) is 5.11 Å². The number of amides is 1. The lowest BCUT2D eigenvalue weighted by atomic mass is 10.1. The summed E-state index contributed by atoms with van der Waals surface area (Å²) in [7, 11) is 0. The van der Waals surface area contributed by atoms with Gasteiger partial charge in [0.15, 0.2) is 5.11 Å². The molecular formula is C14H21N3OS. The molecule has 1 rings (SSSR count). The van der Waals surface area contributed by atoms with E-state index in [9.17, 15) is 4.79 Å². The highest BCUT2D eigenvalue weighted by atomic mass is 32.1. The summed E-state index contributed by atoms with van der Waals surface area (Å²) in [6, 6.07) is 6.17. The first-order valence-corrected chi connectivity index (χ1v) is 6.71. The third kappa shape index (κ3) is 5.26. The van der Waals surface area contributed by atoms with Crippen LogP contribution in [-0.2, 0) is 4.79 Å². The Morgan fingerprint density at radius 2 is 1.84 bits per heavy atom. The van der Waals surface area contributed by atoms with Gasteiger partial charge in [0.1, 0.15) is 0 Å². The highest BCUT2D eigenvalue weighted by Gasteiger charge is 2.07. The fourth-order valence-corrected chi connectivity index (χ4v) is 1.98. The van der Waals surface area contributed by atoms with Crippen molar-refractivity contribution in [2.24, 2.45) is 0 Å². The van der Waals surface area contributed by atoms with Crippen molar-refractivity contribution in [3.63, 3.8) is 0 Å². The van der Waals surface area contributed by atoms with Gasteiger partial charge in [-0.1, -0.05) is 18.2 Å². The first-order chi connectivity index (χ1) is 8.90. The lowest BCUT2D eigenvalue weighted by molar-refractivity contribution is -0.115. The van der Waals surface area contributed by atoms with Crippen LogP contribution < -0.4 is 16.0 Å². The van der Waals surface area contributed by atoms with E-state index in [1.165, 1.54) is 0 Å². The zero-order valence-corrected chi connectivity index (χ0v) is 12.6. The monoisotopic (exact) mass is 279 g/mol. The first kappa shape index (κ1) is 15.4. The van der Waals surface area contributed by atoms with Crippen molar-refractivity contribution in [3.8, 4) is 0 Å². The Morgan fingerprint density at radius 3 is 2.37 bits per heavy atom. The Hall–Kier alpha value is -1.62. The molecule has 0 unspecified atom stereocenters. The molecule has 4 nitrogen and oxygen atoms in total. The molecule has 0 aliphatic carbocycles. The quantitative estimate of drug-likeness (QED) is 0.739. The second-order valence-electron chi connectivity index (χ2n) is 4.80. The molecule has 0 aliphatic heterocycles. The molecule has 5 heteroatoms. The summed E-state index contributed by atoms with van der Waals surface area (Å²) in [5, 5.41) is 9.30. The maximum absolute atomic E-state index is 11.8. The average Bonchev–Trinajstić information content (AvgIpc) is 2.30. The number of para-hydroxylation sites is 1. The summed E-state index contributed by atoms with van der Waals surface area (Å²) >= 11 is 5.06. The number of anilines is 1. The van der Waals surface area contributed by atoms with Crippen molar-refractivity contribution >= 4 is 28.9 Å². The number of rotatable bonds is 4. The fraction of sp³-hybridized carbons (Fsp3) is 0.429. The molecule has 0 saturated heterocycles. The number of hydrogen-bond acceptors (Lipinski definition) is 2. The number of carbonyl (C=O) groups is 1. The Morgan fingerprint density at radius 1 is 1.26 bits per heavy atom. The van der Waals surface area contributed by atoms with Gasteiger partial charge in [0.05, 0.1) is 6.54 Å². The zero-order chi connectivity index (χ0) is 14.4. The Bertz CT molecular complexity index is 452. The van der Waals surface area contributed by atoms with Crippen molar-refractivity contribution in [3.05, 3.63) is 29.3 Å². The topological polar surface area (TPSA) is 53.2 Å². The second-order valence-corrected chi connectivity index (χ2v) is 5.20. The normalized spacial score (nSPS) is 10.2. The summed E-state index contributed by atoms with van der Waals surface area (Å²) in [4.78, 5) is 11.8. The molecule has 0 saturated carbocycles. The van der Waals surface area contributed by atoms with Crippen molar-refractivity contribution < 1.29 is 4.79 Å². The Balaban J connectivity index is 2.50. The van der Waals surface area contributed by atoms with Gasteiger partial charge >= 0.3 is 0 Å². The molecule has 0 spiro atoms. The van der Waals surface area contributed by atoms with E-state index in [1.54, 1.807) is 0 Å². The van der Waals surface area contributed by atoms with Crippen LogP contribution in [0.15, 0.2) is 18.2 Å². The predicted molar refractivity (Wildman–Crippen MR) is 83.4 cm³/mol. The van der Waals surface area contributed by atoms with Crippen molar-refractivity contribution in [2.75, 3.05) is 11.9 Å². The van der Waals surface area contributed by atoms with Gasteiger partial charge in [-0.05, 0) is 51.0 Å². The molecule has 0 radical (unpaired) electrons. The van der Waals surface area contributed by atoms with E-state index in [2.05, 4.69) is 16.0 Å². The fourth-order valence-electron chi connectivity index (χ4n) is 1.67. The maximum Gasteiger partial charge on any atom is 0.243 e. The highest BCUT2D eigenvalue weighted by molar-refractivity contribution is 7.80. The van der Waals surface area contributed by atoms with Gasteiger partial charge in [-0.15, -0.1) is 0 Å². The summed E-state index contributed by atoms with van der Waals surface area (Å²) in [5.74, 6) is -0.106. The van der Waals surface area contributed by atoms with E-state index in [-0.39, 0.29) is 18.5 Å². The minimum Gasteiger partial charge on any atom is -0.361 e. The molecule has 1 aromatic rings. The molecule has 0 aromatic heterocycles. The van der Waals surface area contributed by atoms with Crippen molar-refractivity contribution in [2.45, 2.75) is 33.7 Å². The molecule has 3 N–H and O–H groups in total. The number of hydrogen-bond donors (Lipinski definition) is 3. The van der Waals surface area contributed by atoms with Gasteiger partial charge in [-0.3, -0.25) is 4.79 Å². The molecule has 0 heterocycles. The van der Waals surface area contributed by atoms with E-state index < -0.39 is 0 Å². The van der Waals surface area contributed by atoms with Crippen LogP contribution in [0.2, 0.25) is 0 Å². The number of benzene rings is 1. The summed E-state index contributed by atoms with van der Waals surface area (Å²) in [6.07, 6.45) is 0. The lowest BCUT2D eigenvalue weighted by Crippen LogP contribution is -2.42. The van der Waals surface area contributed by atoms with E-state index in [4.69, 9.17) is 12.2 Å². The van der Waals surface area contributed by atoms with Crippen LogP contribution in [0, 0.1) is 13.8 Å². The molecule has 0 fully saturated rings. The molecule has 0 bridgehead atoms. The second kappa shape index (κ2) is 7.09. The summed E-state index contributed by atoms with van der Waals surface area (Å²) in [6.45, 7) is 8.09. The van der Waals surface area contributed by atoms with Gasteiger partial charge in [0.25, 0.3) is 0 Å². The Kier molecular flexibility index (Phi) is 5.76. The summed E-state index contributed by atoms with van der Waals surface area (Å²) in [5.41, 5.74) is 2.98. The zero-order valence-electron chi connectivity index (χ0n) is 11.8. The maximum atomic E-state index is 11.8. The Labute approximate surface area is 120 Å². The van der Waals surface area contributed by atoms with E-state index >= 15 is 0 Å². The van der Waals surface area contributed by atoms with Crippen LogP contribution in [-0.4, -0.2) is 23.6 Å². The summed E-state index contributed by atoms with van der Waals surface area (Å²) < 4.78 is 0. The van der Waals surface area contributed by atoms with Gasteiger partial charge in [0.2, 0.25) is 5.91 Å². The van der Waals surface area contributed by atoms with Crippen LogP contribution >= 0.6 is 12.2 Å². The SMILES string of the molecule is Cc1cccc(C)c1NC(=O)CNC(=S)NC(C)C.